The Morgan fingerprint density at radius 2 is 2.00 bits per heavy atom. The van der Waals surface area contributed by atoms with E-state index in [4.69, 9.17) is 0 Å². The van der Waals surface area contributed by atoms with Crippen LogP contribution in [0.25, 0.3) is 0 Å². The molecule has 8 nitrogen and oxygen atoms in total. The first kappa shape index (κ1) is 17.3. The minimum Gasteiger partial charge on any atom is -0.435 e. The third-order valence-electron chi connectivity index (χ3n) is 3.18. The molecule has 0 aliphatic carbocycles. The number of anilines is 1. The Hall–Kier alpha value is -3.04. The minimum atomic E-state index is -2.92. The lowest BCUT2D eigenvalue weighted by Gasteiger charge is -2.08. The van der Waals surface area contributed by atoms with Crippen LogP contribution in [0.3, 0.4) is 0 Å². The van der Waals surface area contributed by atoms with Crippen molar-refractivity contribution < 1.29 is 23.2 Å². The number of nitro groups is 1. The molecule has 0 radical (unpaired) electrons. The first-order valence-electron chi connectivity index (χ1n) is 6.81. The van der Waals surface area contributed by atoms with Crippen molar-refractivity contribution in [1.82, 2.24) is 9.78 Å². The number of ether oxygens (including phenoxy) is 1. The Morgan fingerprint density at radius 3 is 2.50 bits per heavy atom. The lowest BCUT2D eigenvalue weighted by Crippen LogP contribution is -2.20. The van der Waals surface area contributed by atoms with Gasteiger partial charge in [-0.3, -0.25) is 19.6 Å². The highest BCUT2D eigenvalue weighted by Crippen LogP contribution is 2.22. The van der Waals surface area contributed by atoms with Gasteiger partial charge < -0.3 is 10.1 Å². The molecule has 10 heteroatoms. The number of nitrogens with zero attached hydrogens (tertiary/aromatic N) is 3. The van der Waals surface area contributed by atoms with Crippen LogP contribution in [0.1, 0.15) is 11.4 Å². The van der Waals surface area contributed by atoms with Gasteiger partial charge in [0, 0.05) is 5.69 Å². The summed E-state index contributed by atoms with van der Waals surface area (Å²) < 4.78 is 29.5. The van der Waals surface area contributed by atoms with Crippen LogP contribution in [0.15, 0.2) is 24.3 Å². The summed E-state index contributed by atoms with van der Waals surface area (Å²) in [4.78, 5) is 22.4. The maximum Gasteiger partial charge on any atom is 0.387 e. The summed E-state index contributed by atoms with van der Waals surface area (Å²) in [5, 5.41) is 17.4. The molecule has 1 aromatic carbocycles. The molecule has 0 spiro atoms. The Balaban J connectivity index is 2.03. The molecule has 128 valence electrons. The van der Waals surface area contributed by atoms with Gasteiger partial charge in [-0.2, -0.15) is 13.9 Å². The third-order valence-corrected chi connectivity index (χ3v) is 3.18. The molecule has 0 fully saturated rings. The van der Waals surface area contributed by atoms with E-state index in [9.17, 15) is 23.7 Å². The van der Waals surface area contributed by atoms with Crippen molar-refractivity contribution in [2.75, 3.05) is 5.32 Å². The third kappa shape index (κ3) is 4.03. The van der Waals surface area contributed by atoms with E-state index in [1.807, 2.05) is 0 Å². The molecular formula is C14H14F2N4O4. The average Bonchev–Trinajstić information content (AvgIpc) is 2.74. The molecule has 0 unspecified atom stereocenters. The summed E-state index contributed by atoms with van der Waals surface area (Å²) in [5.41, 5.74) is 0.737. The van der Waals surface area contributed by atoms with Crippen LogP contribution in [0.5, 0.6) is 5.75 Å². The Labute approximate surface area is 135 Å². The summed E-state index contributed by atoms with van der Waals surface area (Å²) >= 11 is 0. The van der Waals surface area contributed by atoms with Crippen LogP contribution < -0.4 is 10.1 Å². The Bertz CT molecular complexity index is 759. The molecule has 1 amide bonds. The minimum absolute atomic E-state index is 0.0304. The van der Waals surface area contributed by atoms with E-state index < -0.39 is 17.4 Å². The number of carbonyl (C=O) groups excluding carboxylic acids is 1. The Kier molecular flexibility index (Phi) is 5.07. The Morgan fingerprint density at radius 1 is 1.38 bits per heavy atom. The van der Waals surface area contributed by atoms with Crippen molar-refractivity contribution in [1.29, 1.82) is 0 Å². The second kappa shape index (κ2) is 7.02. The number of nitrogens with one attached hydrogen (secondary N) is 1. The van der Waals surface area contributed by atoms with E-state index in [1.54, 1.807) is 0 Å². The van der Waals surface area contributed by atoms with Crippen molar-refractivity contribution in [2.45, 2.75) is 27.0 Å². The first-order chi connectivity index (χ1) is 11.3. The van der Waals surface area contributed by atoms with E-state index in [0.29, 0.717) is 5.69 Å². The molecule has 0 atom stereocenters. The number of aromatic nitrogens is 2. The van der Waals surface area contributed by atoms with Gasteiger partial charge in [0.2, 0.25) is 5.91 Å². The van der Waals surface area contributed by atoms with Gasteiger partial charge in [0.1, 0.15) is 23.7 Å². The monoisotopic (exact) mass is 340 g/mol. The van der Waals surface area contributed by atoms with Crippen LogP contribution in [0, 0.1) is 24.0 Å². The van der Waals surface area contributed by atoms with E-state index in [0.717, 1.165) is 0 Å². The second-order valence-electron chi connectivity index (χ2n) is 4.89. The number of hydrogen-bond acceptors (Lipinski definition) is 5. The number of carbonyl (C=O) groups is 1. The number of halogens is 2. The lowest BCUT2D eigenvalue weighted by atomic mass is 10.3. The average molecular weight is 340 g/mol. The lowest BCUT2D eigenvalue weighted by molar-refractivity contribution is -0.386. The van der Waals surface area contributed by atoms with Crippen molar-refractivity contribution >= 4 is 17.3 Å². The smallest absolute Gasteiger partial charge is 0.387 e. The van der Waals surface area contributed by atoms with Gasteiger partial charge in [0.25, 0.3) is 0 Å². The standard InChI is InChI=1S/C14H14F2N4O4/c1-8-13(20(22)23)9(2)19(18-8)7-12(21)17-10-3-5-11(6-4-10)24-14(15)16/h3-6,14H,7H2,1-2H3,(H,17,21). The predicted octanol–water partition coefficient (Wildman–Crippen LogP) is 2.65. The van der Waals surface area contributed by atoms with E-state index >= 15 is 0 Å². The molecule has 0 aliphatic rings. The van der Waals surface area contributed by atoms with Gasteiger partial charge in [0.05, 0.1) is 4.92 Å². The van der Waals surface area contributed by atoms with Crippen LogP contribution in [0.4, 0.5) is 20.2 Å². The molecule has 1 N–H and O–H groups in total. The number of hydrogen-bond donors (Lipinski definition) is 1. The number of aryl methyl sites for hydroxylation is 1. The zero-order chi connectivity index (χ0) is 17.9. The summed E-state index contributed by atoms with van der Waals surface area (Å²) in [7, 11) is 0. The summed E-state index contributed by atoms with van der Waals surface area (Å²) in [6.07, 6.45) is 0. The highest BCUT2D eigenvalue weighted by atomic mass is 19.3. The van der Waals surface area contributed by atoms with Crippen LogP contribution in [0.2, 0.25) is 0 Å². The van der Waals surface area contributed by atoms with Crippen LogP contribution >= 0.6 is 0 Å². The largest absolute Gasteiger partial charge is 0.435 e. The first-order valence-corrected chi connectivity index (χ1v) is 6.81. The molecule has 2 rings (SSSR count). The number of alkyl halides is 2. The second-order valence-corrected chi connectivity index (χ2v) is 4.89. The molecular weight excluding hydrogens is 326 g/mol. The number of benzene rings is 1. The maximum absolute atomic E-state index is 12.1. The highest BCUT2D eigenvalue weighted by molar-refractivity contribution is 5.90. The van der Waals surface area contributed by atoms with Crippen molar-refractivity contribution in [3.63, 3.8) is 0 Å². The molecule has 0 saturated heterocycles. The van der Waals surface area contributed by atoms with Gasteiger partial charge >= 0.3 is 12.3 Å². The SMILES string of the molecule is Cc1nn(CC(=O)Nc2ccc(OC(F)F)cc2)c(C)c1[N+](=O)[O-]. The molecule has 1 aromatic heterocycles. The van der Waals surface area contributed by atoms with Crippen LogP contribution in [-0.2, 0) is 11.3 Å². The summed E-state index contributed by atoms with van der Waals surface area (Å²) in [6.45, 7) is -0.147. The quantitative estimate of drug-likeness (QED) is 0.644. The van der Waals surface area contributed by atoms with Gasteiger partial charge in [-0.05, 0) is 38.1 Å². The van der Waals surface area contributed by atoms with Crippen molar-refractivity contribution in [3.05, 3.63) is 45.8 Å². The van der Waals surface area contributed by atoms with Crippen LogP contribution in [-0.4, -0.2) is 27.2 Å². The topological polar surface area (TPSA) is 99.3 Å². The molecule has 1 heterocycles. The fraction of sp³-hybridized carbons (Fsp3) is 0.286. The van der Waals surface area contributed by atoms with E-state index in [2.05, 4.69) is 15.2 Å². The maximum atomic E-state index is 12.1. The molecule has 0 bridgehead atoms. The highest BCUT2D eigenvalue weighted by Gasteiger charge is 2.22. The molecule has 2 aromatic rings. The summed E-state index contributed by atoms with van der Waals surface area (Å²) in [5.74, 6) is -0.491. The van der Waals surface area contributed by atoms with E-state index in [-0.39, 0.29) is 29.4 Å². The predicted molar refractivity (Wildman–Crippen MR) is 80.1 cm³/mol. The molecule has 0 aliphatic heterocycles. The van der Waals surface area contributed by atoms with Crippen molar-refractivity contribution in [3.8, 4) is 5.75 Å². The molecule has 0 saturated carbocycles. The zero-order valence-electron chi connectivity index (χ0n) is 12.8. The van der Waals surface area contributed by atoms with Gasteiger partial charge in [-0.1, -0.05) is 0 Å². The van der Waals surface area contributed by atoms with E-state index in [1.165, 1.54) is 42.8 Å². The normalized spacial score (nSPS) is 10.7. The summed E-state index contributed by atoms with van der Waals surface area (Å²) in [6, 6.07) is 5.38. The number of rotatable bonds is 6. The fourth-order valence-corrected chi connectivity index (χ4v) is 2.16. The van der Waals surface area contributed by atoms with Gasteiger partial charge in [0.15, 0.2) is 0 Å². The molecule has 24 heavy (non-hydrogen) atoms. The van der Waals surface area contributed by atoms with Gasteiger partial charge in [-0.15, -0.1) is 0 Å². The fourth-order valence-electron chi connectivity index (χ4n) is 2.16. The zero-order valence-corrected chi connectivity index (χ0v) is 12.8. The van der Waals surface area contributed by atoms with Gasteiger partial charge in [-0.25, -0.2) is 0 Å². The number of amides is 1. The van der Waals surface area contributed by atoms with Crippen molar-refractivity contribution in [2.24, 2.45) is 0 Å².